The van der Waals surface area contributed by atoms with Gasteiger partial charge in [-0.25, -0.2) is 4.79 Å². The minimum Gasteiger partial charge on any atom is -0.506 e. The van der Waals surface area contributed by atoms with Crippen molar-refractivity contribution in [2.45, 2.75) is 39.5 Å². The Morgan fingerprint density at radius 3 is 2.09 bits per heavy atom. The number of fused-ring (bicyclic) bond motifs is 3. The number of aromatic hydroxyl groups is 2. The van der Waals surface area contributed by atoms with Crippen molar-refractivity contribution >= 4 is 28.3 Å². The van der Waals surface area contributed by atoms with E-state index < -0.39 is 17.5 Å². The maximum Gasteiger partial charge on any atom is 0.338 e. The van der Waals surface area contributed by atoms with E-state index >= 15 is 0 Å². The number of ketones is 2. The summed E-state index contributed by atoms with van der Waals surface area (Å²) in [5, 5.41) is 22.1. The van der Waals surface area contributed by atoms with E-state index in [1.54, 1.807) is 24.3 Å². The summed E-state index contributed by atoms with van der Waals surface area (Å²) in [5.41, 5.74) is -0.234. The third kappa shape index (κ3) is 3.86. The molecule has 0 amide bonds. The highest BCUT2D eigenvalue weighted by atomic mass is 16.5. The molecule has 3 aromatic carbocycles. The SMILES string of the molecule is CCCCC(CC)COC(=O)c1ccc2c(c1)C(=O)c1c(c(O)c3ccccc3c1O)C2=O. The Labute approximate surface area is 191 Å². The van der Waals surface area contributed by atoms with E-state index in [0.29, 0.717) is 6.61 Å². The molecule has 0 saturated heterocycles. The van der Waals surface area contributed by atoms with Crippen LogP contribution < -0.4 is 0 Å². The Morgan fingerprint density at radius 1 is 0.909 bits per heavy atom. The van der Waals surface area contributed by atoms with Gasteiger partial charge in [-0.3, -0.25) is 9.59 Å². The van der Waals surface area contributed by atoms with E-state index in [1.807, 2.05) is 0 Å². The van der Waals surface area contributed by atoms with Gasteiger partial charge in [0.25, 0.3) is 0 Å². The van der Waals surface area contributed by atoms with Gasteiger partial charge in [0.2, 0.25) is 0 Å². The zero-order valence-corrected chi connectivity index (χ0v) is 18.7. The summed E-state index contributed by atoms with van der Waals surface area (Å²) < 4.78 is 5.48. The number of phenols is 2. The summed E-state index contributed by atoms with van der Waals surface area (Å²) >= 11 is 0. The molecule has 1 unspecified atom stereocenters. The van der Waals surface area contributed by atoms with Crippen LogP contribution in [0.1, 0.15) is 81.7 Å². The summed E-state index contributed by atoms with van der Waals surface area (Å²) in [7, 11) is 0. The number of carbonyl (C=O) groups is 3. The first-order valence-corrected chi connectivity index (χ1v) is 11.3. The normalized spacial score (nSPS) is 13.5. The lowest BCUT2D eigenvalue weighted by molar-refractivity contribution is 0.0428. The summed E-state index contributed by atoms with van der Waals surface area (Å²) in [6.07, 6.45) is 4.02. The smallest absolute Gasteiger partial charge is 0.338 e. The van der Waals surface area contributed by atoms with E-state index in [1.165, 1.54) is 18.2 Å². The lowest BCUT2D eigenvalue weighted by atomic mass is 9.81. The van der Waals surface area contributed by atoms with Crippen LogP contribution in [0, 0.1) is 5.92 Å². The molecule has 0 spiro atoms. The Bertz CT molecular complexity index is 1270. The molecule has 1 atom stereocenters. The summed E-state index contributed by atoms with van der Waals surface area (Å²) in [4.78, 5) is 39.1. The second-order valence-corrected chi connectivity index (χ2v) is 8.43. The first kappa shape index (κ1) is 22.5. The predicted molar refractivity (Wildman–Crippen MR) is 124 cm³/mol. The molecule has 170 valence electrons. The molecule has 1 aliphatic rings. The molecule has 2 N–H and O–H groups in total. The van der Waals surface area contributed by atoms with E-state index in [0.717, 1.165) is 25.7 Å². The van der Waals surface area contributed by atoms with Gasteiger partial charge in [-0.1, -0.05) is 57.4 Å². The quantitative estimate of drug-likeness (QED) is 0.291. The van der Waals surface area contributed by atoms with Crippen LogP contribution in [-0.4, -0.2) is 34.4 Å². The number of hydrogen-bond acceptors (Lipinski definition) is 6. The third-order valence-electron chi connectivity index (χ3n) is 6.35. The molecule has 0 heterocycles. The van der Waals surface area contributed by atoms with Crippen LogP contribution in [0.5, 0.6) is 11.5 Å². The van der Waals surface area contributed by atoms with E-state index in [2.05, 4.69) is 13.8 Å². The number of rotatable bonds is 7. The minimum atomic E-state index is -0.623. The third-order valence-corrected chi connectivity index (χ3v) is 6.35. The van der Waals surface area contributed by atoms with Gasteiger partial charge in [0.1, 0.15) is 11.5 Å². The van der Waals surface area contributed by atoms with Crippen LogP contribution in [0.15, 0.2) is 42.5 Å². The fraction of sp³-hybridized carbons (Fsp3) is 0.296. The Balaban J connectivity index is 1.69. The standard InChI is InChI=1S/C27H26O6/c1-3-5-8-15(4-2)14-33-27(32)16-11-12-19-20(13-16)26(31)22-21(25(19)30)23(28)17-9-6-7-10-18(17)24(22)29/h6-7,9-13,15,28-29H,3-5,8,14H2,1-2H3. The number of unbranched alkanes of at least 4 members (excludes halogenated alkanes) is 1. The van der Waals surface area contributed by atoms with Crippen molar-refractivity contribution in [3.8, 4) is 11.5 Å². The second-order valence-electron chi connectivity index (χ2n) is 8.43. The van der Waals surface area contributed by atoms with Gasteiger partial charge < -0.3 is 14.9 Å². The number of phenolic OH excluding ortho intramolecular Hbond substituents is 2. The van der Waals surface area contributed by atoms with Gasteiger partial charge in [0, 0.05) is 21.9 Å². The summed E-state index contributed by atoms with van der Waals surface area (Å²) in [6.45, 7) is 4.46. The molecule has 33 heavy (non-hydrogen) atoms. The molecular weight excluding hydrogens is 420 g/mol. The number of esters is 1. The highest BCUT2D eigenvalue weighted by Crippen LogP contribution is 2.44. The van der Waals surface area contributed by atoms with Crippen LogP contribution in [0.3, 0.4) is 0 Å². The zero-order valence-electron chi connectivity index (χ0n) is 18.7. The number of carbonyl (C=O) groups excluding carboxylic acids is 3. The average Bonchev–Trinajstić information content (AvgIpc) is 2.84. The molecule has 0 fully saturated rings. The van der Waals surface area contributed by atoms with Crippen molar-refractivity contribution in [3.63, 3.8) is 0 Å². The van der Waals surface area contributed by atoms with Crippen molar-refractivity contribution in [2.75, 3.05) is 6.61 Å². The first-order chi connectivity index (χ1) is 15.9. The van der Waals surface area contributed by atoms with Crippen molar-refractivity contribution in [3.05, 3.63) is 70.3 Å². The predicted octanol–water partition coefficient (Wildman–Crippen LogP) is 5.40. The molecule has 0 radical (unpaired) electrons. The van der Waals surface area contributed by atoms with Gasteiger partial charge in [-0.2, -0.15) is 0 Å². The summed E-state index contributed by atoms with van der Waals surface area (Å²) in [6, 6.07) is 10.6. The van der Waals surface area contributed by atoms with E-state index in [4.69, 9.17) is 4.74 Å². The Kier molecular flexibility index (Phi) is 6.18. The van der Waals surface area contributed by atoms with E-state index in [9.17, 15) is 24.6 Å². The van der Waals surface area contributed by atoms with Crippen LogP contribution >= 0.6 is 0 Å². The lowest BCUT2D eigenvalue weighted by Crippen LogP contribution is -2.22. The number of benzene rings is 3. The molecule has 0 aliphatic heterocycles. The highest BCUT2D eigenvalue weighted by molar-refractivity contribution is 6.32. The topological polar surface area (TPSA) is 101 Å². The fourth-order valence-electron chi connectivity index (χ4n) is 4.35. The zero-order chi connectivity index (χ0) is 23.7. The van der Waals surface area contributed by atoms with Crippen LogP contribution in [0.4, 0.5) is 0 Å². The highest BCUT2D eigenvalue weighted by Gasteiger charge is 2.36. The Hall–Kier alpha value is -3.67. The fourth-order valence-corrected chi connectivity index (χ4v) is 4.35. The number of ether oxygens (including phenoxy) is 1. The van der Waals surface area contributed by atoms with E-state index in [-0.39, 0.29) is 56.0 Å². The molecule has 0 aromatic heterocycles. The molecule has 4 rings (SSSR count). The monoisotopic (exact) mass is 446 g/mol. The Morgan fingerprint density at radius 2 is 1.52 bits per heavy atom. The van der Waals surface area contributed by atoms with Crippen molar-refractivity contribution in [1.29, 1.82) is 0 Å². The van der Waals surface area contributed by atoms with Gasteiger partial charge >= 0.3 is 5.97 Å². The van der Waals surface area contributed by atoms with Crippen molar-refractivity contribution in [1.82, 2.24) is 0 Å². The maximum atomic E-state index is 13.3. The molecule has 0 bridgehead atoms. The van der Waals surface area contributed by atoms with Crippen LogP contribution in [0.25, 0.3) is 10.8 Å². The van der Waals surface area contributed by atoms with Crippen LogP contribution in [0.2, 0.25) is 0 Å². The minimum absolute atomic E-state index is 0.00459. The molecule has 0 saturated carbocycles. The van der Waals surface area contributed by atoms with Crippen molar-refractivity contribution < 1.29 is 29.3 Å². The van der Waals surface area contributed by atoms with Gasteiger partial charge in [-0.15, -0.1) is 0 Å². The largest absolute Gasteiger partial charge is 0.506 e. The molecule has 6 heteroatoms. The molecule has 1 aliphatic carbocycles. The van der Waals surface area contributed by atoms with Gasteiger partial charge in [0.15, 0.2) is 11.6 Å². The van der Waals surface area contributed by atoms with Gasteiger partial charge in [0.05, 0.1) is 23.3 Å². The summed E-state index contributed by atoms with van der Waals surface area (Å²) in [5.74, 6) is -2.20. The number of hydrogen-bond donors (Lipinski definition) is 2. The molecular formula is C27H26O6. The maximum absolute atomic E-state index is 13.3. The van der Waals surface area contributed by atoms with Gasteiger partial charge in [-0.05, 0) is 30.5 Å². The first-order valence-electron chi connectivity index (χ1n) is 11.3. The van der Waals surface area contributed by atoms with Crippen molar-refractivity contribution in [2.24, 2.45) is 5.92 Å². The average molecular weight is 446 g/mol. The lowest BCUT2D eigenvalue weighted by Gasteiger charge is -2.21. The molecule has 3 aromatic rings. The molecule has 6 nitrogen and oxygen atoms in total. The second kappa shape index (κ2) is 9.06. The van der Waals surface area contributed by atoms with Crippen LogP contribution in [-0.2, 0) is 4.74 Å².